The first kappa shape index (κ1) is 16.6. The van der Waals surface area contributed by atoms with E-state index in [1.54, 1.807) is 13.0 Å². The summed E-state index contributed by atoms with van der Waals surface area (Å²) in [6.45, 7) is 3.39. The predicted octanol–water partition coefficient (Wildman–Crippen LogP) is 4.14. The number of Topliss-reactive ketones (excluding diaryl/α,β-unsaturated/α-hetero) is 1. The second-order valence-electron chi connectivity index (χ2n) is 5.24. The van der Waals surface area contributed by atoms with Crippen molar-refractivity contribution >= 4 is 29.1 Å². The van der Waals surface area contributed by atoms with Crippen molar-refractivity contribution in [3.8, 4) is 17.6 Å². The quantitative estimate of drug-likeness (QED) is 0.602. The SMILES string of the molecule is CC(=O)c1cc(C#N)c(SCc2cc(Cl)c3c(c2)OCO3)nc1C. The van der Waals surface area contributed by atoms with Gasteiger partial charge in [-0.25, -0.2) is 4.98 Å². The zero-order valence-corrected chi connectivity index (χ0v) is 14.6. The molecule has 7 heteroatoms. The molecule has 1 aromatic heterocycles. The van der Waals surface area contributed by atoms with Crippen molar-refractivity contribution in [2.75, 3.05) is 6.79 Å². The fourth-order valence-electron chi connectivity index (χ4n) is 2.39. The van der Waals surface area contributed by atoms with Crippen LogP contribution in [0.4, 0.5) is 0 Å². The molecule has 0 bridgehead atoms. The molecule has 1 aliphatic heterocycles. The van der Waals surface area contributed by atoms with Crippen molar-refractivity contribution in [3.05, 3.63) is 45.6 Å². The van der Waals surface area contributed by atoms with Crippen LogP contribution in [0, 0.1) is 18.3 Å². The molecule has 0 radical (unpaired) electrons. The van der Waals surface area contributed by atoms with E-state index in [4.69, 9.17) is 21.1 Å². The van der Waals surface area contributed by atoms with Crippen LogP contribution in [0.25, 0.3) is 0 Å². The summed E-state index contributed by atoms with van der Waals surface area (Å²) in [7, 11) is 0. The van der Waals surface area contributed by atoms with Gasteiger partial charge in [-0.2, -0.15) is 5.26 Å². The third-order valence-corrected chi connectivity index (χ3v) is 4.88. The molecule has 0 unspecified atom stereocenters. The number of ether oxygens (including phenoxy) is 2. The number of hydrogen-bond acceptors (Lipinski definition) is 6. The molecule has 1 aliphatic rings. The third kappa shape index (κ3) is 3.18. The number of benzene rings is 1. The summed E-state index contributed by atoms with van der Waals surface area (Å²) in [5, 5.41) is 10.4. The van der Waals surface area contributed by atoms with Gasteiger partial charge in [0.05, 0.1) is 10.6 Å². The van der Waals surface area contributed by atoms with Gasteiger partial charge in [-0.05, 0) is 37.6 Å². The Morgan fingerprint density at radius 3 is 2.92 bits per heavy atom. The molecule has 2 aromatic rings. The van der Waals surface area contributed by atoms with E-state index < -0.39 is 0 Å². The highest BCUT2D eigenvalue weighted by Crippen LogP contribution is 2.41. The molecule has 5 nitrogen and oxygen atoms in total. The Morgan fingerprint density at radius 2 is 2.21 bits per heavy atom. The number of carbonyl (C=O) groups excluding carboxylic acids is 1. The average molecular weight is 361 g/mol. The van der Waals surface area contributed by atoms with Crippen molar-refractivity contribution in [1.82, 2.24) is 4.98 Å². The van der Waals surface area contributed by atoms with Crippen molar-refractivity contribution in [3.63, 3.8) is 0 Å². The minimum Gasteiger partial charge on any atom is -0.454 e. The zero-order valence-electron chi connectivity index (χ0n) is 13.1. The first-order valence-corrected chi connectivity index (χ1v) is 8.49. The number of nitrogens with zero attached hydrogens (tertiary/aromatic N) is 2. The van der Waals surface area contributed by atoms with Crippen LogP contribution in [0.15, 0.2) is 23.2 Å². The van der Waals surface area contributed by atoms with Gasteiger partial charge in [0.1, 0.15) is 11.1 Å². The summed E-state index contributed by atoms with van der Waals surface area (Å²) in [6, 6.07) is 7.37. The maximum Gasteiger partial charge on any atom is 0.231 e. The number of aryl methyl sites for hydroxylation is 1. The summed E-state index contributed by atoms with van der Waals surface area (Å²) in [5.74, 6) is 1.64. The first-order chi connectivity index (χ1) is 11.5. The van der Waals surface area contributed by atoms with E-state index in [0.717, 1.165) is 5.56 Å². The molecule has 0 N–H and O–H groups in total. The second kappa shape index (κ2) is 6.71. The molecule has 0 spiro atoms. The summed E-state index contributed by atoms with van der Waals surface area (Å²) in [6.07, 6.45) is 0. The summed E-state index contributed by atoms with van der Waals surface area (Å²) in [5.41, 5.74) is 2.42. The molecule has 0 atom stereocenters. The molecule has 2 heterocycles. The summed E-state index contributed by atoms with van der Waals surface area (Å²) in [4.78, 5) is 16.0. The van der Waals surface area contributed by atoms with Gasteiger partial charge in [-0.1, -0.05) is 11.6 Å². The lowest BCUT2D eigenvalue weighted by atomic mass is 10.1. The van der Waals surface area contributed by atoms with Crippen LogP contribution in [-0.2, 0) is 5.75 Å². The Labute approximate surface area is 148 Å². The van der Waals surface area contributed by atoms with Gasteiger partial charge in [-0.15, -0.1) is 11.8 Å². The lowest BCUT2D eigenvalue weighted by molar-refractivity contribution is 0.101. The Morgan fingerprint density at radius 1 is 1.42 bits per heavy atom. The number of fused-ring (bicyclic) bond motifs is 1. The average Bonchev–Trinajstić information content (AvgIpc) is 3.01. The number of nitriles is 1. The van der Waals surface area contributed by atoms with Gasteiger partial charge in [0.2, 0.25) is 6.79 Å². The van der Waals surface area contributed by atoms with Crippen LogP contribution in [-0.4, -0.2) is 17.6 Å². The number of halogens is 1. The number of rotatable bonds is 4. The van der Waals surface area contributed by atoms with Crippen molar-refractivity contribution in [2.24, 2.45) is 0 Å². The van der Waals surface area contributed by atoms with E-state index in [0.29, 0.717) is 44.1 Å². The number of hydrogen-bond donors (Lipinski definition) is 0. The van der Waals surface area contributed by atoms with Gasteiger partial charge in [0.15, 0.2) is 17.3 Å². The highest BCUT2D eigenvalue weighted by atomic mass is 35.5. The van der Waals surface area contributed by atoms with Gasteiger partial charge < -0.3 is 9.47 Å². The van der Waals surface area contributed by atoms with E-state index >= 15 is 0 Å². The smallest absolute Gasteiger partial charge is 0.231 e. The topological polar surface area (TPSA) is 72.2 Å². The van der Waals surface area contributed by atoms with Crippen molar-refractivity contribution in [1.29, 1.82) is 5.26 Å². The molecule has 1 aromatic carbocycles. The zero-order chi connectivity index (χ0) is 17.3. The number of ketones is 1. The minimum absolute atomic E-state index is 0.101. The van der Waals surface area contributed by atoms with Crippen molar-refractivity contribution in [2.45, 2.75) is 24.6 Å². The summed E-state index contributed by atoms with van der Waals surface area (Å²) < 4.78 is 10.6. The number of thioether (sulfide) groups is 1. The van der Waals surface area contributed by atoms with Crippen LogP contribution in [0.1, 0.15) is 34.1 Å². The van der Waals surface area contributed by atoms with Crippen LogP contribution in [0.5, 0.6) is 11.5 Å². The van der Waals surface area contributed by atoms with E-state index in [1.165, 1.54) is 18.7 Å². The van der Waals surface area contributed by atoms with Crippen LogP contribution in [0.3, 0.4) is 0 Å². The first-order valence-electron chi connectivity index (χ1n) is 7.13. The van der Waals surface area contributed by atoms with E-state index in [1.807, 2.05) is 12.1 Å². The fourth-order valence-corrected chi connectivity index (χ4v) is 3.61. The number of carbonyl (C=O) groups is 1. The van der Waals surface area contributed by atoms with Crippen molar-refractivity contribution < 1.29 is 14.3 Å². The Bertz CT molecular complexity index is 877. The normalized spacial score (nSPS) is 12.1. The summed E-state index contributed by atoms with van der Waals surface area (Å²) >= 11 is 7.59. The largest absolute Gasteiger partial charge is 0.454 e. The molecule has 0 saturated heterocycles. The molecular weight excluding hydrogens is 348 g/mol. The fraction of sp³-hybridized carbons (Fsp3) is 0.235. The monoisotopic (exact) mass is 360 g/mol. The molecule has 0 saturated carbocycles. The van der Waals surface area contributed by atoms with E-state index in [2.05, 4.69) is 11.1 Å². The third-order valence-electron chi connectivity index (χ3n) is 3.54. The van der Waals surface area contributed by atoms with E-state index in [9.17, 15) is 10.1 Å². The van der Waals surface area contributed by atoms with E-state index in [-0.39, 0.29) is 12.6 Å². The maximum absolute atomic E-state index is 11.6. The van der Waals surface area contributed by atoms with Gasteiger partial charge in [0, 0.05) is 17.0 Å². The van der Waals surface area contributed by atoms with Gasteiger partial charge in [-0.3, -0.25) is 4.79 Å². The highest BCUT2D eigenvalue weighted by Gasteiger charge is 2.19. The predicted molar refractivity (Wildman–Crippen MR) is 90.8 cm³/mol. The second-order valence-corrected chi connectivity index (χ2v) is 6.61. The molecule has 24 heavy (non-hydrogen) atoms. The number of pyridine rings is 1. The molecule has 0 aliphatic carbocycles. The number of aromatic nitrogens is 1. The maximum atomic E-state index is 11.6. The molecule has 0 fully saturated rings. The van der Waals surface area contributed by atoms with Crippen LogP contribution in [0.2, 0.25) is 5.02 Å². The Balaban J connectivity index is 1.85. The molecule has 3 rings (SSSR count). The minimum atomic E-state index is -0.101. The molecule has 122 valence electrons. The van der Waals surface area contributed by atoms with Crippen LogP contribution >= 0.6 is 23.4 Å². The lowest BCUT2D eigenvalue weighted by Crippen LogP contribution is -2.02. The lowest BCUT2D eigenvalue weighted by Gasteiger charge is -2.09. The standard InChI is InChI=1S/C17H13ClN2O3S/c1-9-13(10(2)21)5-12(6-19)17(20-9)24-7-11-3-14(18)16-15(4-11)22-8-23-16/h3-5H,7-8H2,1-2H3. The molecular formula is C17H13ClN2O3S. The molecule has 0 amide bonds. The highest BCUT2D eigenvalue weighted by molar-refractivity contribution is 7.98. The van der Waals surface area contributed by atoms with Gasteiger partial charge in [0.25, 0.3) is 0 Å². The Hall–Kier alpha value is -2.23. The Kier molecular flexibility index (Phi) is 4.65. The van der Waals surface area contributed by atoms with Gasteiger partial charge >= 0.3 is 0 Å². The van der Waals surface area contributed by atoms with Crippen LogP contribution < -0.4 is 9.47 Å².